The molecule has 1 aliphatic heterocycles. The van der Waals surface area contributed by atoms with Gasteiger partial charge in [0, 0.05) is 11.6 Å². The van der Waals surface area contributed by atoms with Gasteiger partial charge in [-0.2, -0.15) is 0 Å². The van der Waals surface area contributed by atoms with Crippen LogP contribution in [-0.2, 0) is 11.2 Å². The molecule has 3 atom stereocenters. The van der Waals surface area contributed by atoms with Crippen molar-refractivity contribution >= 4 is 5.97 Å². The summed E-state index contributed by atoms with van der Waals surface area (Å²) in [6.45, 7) is 1.78. The Kier molecular flexibility index (Phi) is 5.89. The number of aliphatic carboxylic acids is 1. The van der Waals surface area contributed by atoms with Gasteiger partial charge in [-0.3, -0.25) is 14.8 Å². The van der Waals surface area contributed by atoms with E-state index < -0.39 is 17.7 Å². The maximum Gasteiger partial charge on any atom is 0.306 e. The number of hydrogen-bond donors (Lipinski definition) is 1. The highest BCUT2D eigenvalue weighted by atomic mass is 19.1. The lowest BCUT2D eigenvalue weighted by atomic mass is 9.82. The molecule has 176 valence electrons. The van der Waals surface area contributed by atoms with Crippen molar-refractivity contribution in [1.29, 1.82) is 0 Å². The summed E-state index contributed by atoms with van der Waals surface area (Å²) in [5.74, 6) is -0.256. The van der Waals surface area contributed by atoms with Gasteiger partial charge in [0.25, 0.3) is 0 Å². The van der Waals surface area contributed by atoms with E-state index in [0.29, 0.717) is 23.2 Å². The Balaban J connectivity index is 1.37. The number of nitrogens with zero attached hydrogens (tertiary/aromatic N) is 3. The van der Waals surface area contributed by atoms with Crippen LogP contribution >= 0.6 is 0 Å². The Labute approximate surface area is 197 Å². The zero-order valence-electron chi connectivity index (χ0n) is 19.1. The largest absolute Gasteiger partial charge is 0.484 e. The van der Waals surface area contributed by atoms with Gasteiger partial charge < -0.3 is 14.6 Å². The molecule has 1 N–H and O–H groups in total. The van der Waals surface area contributed by atoms with Crippen LogP contribution in [0.3, 0.4) is 0 Å². The number of pyridine rings is 1. The average molecular weight is 464 g/mol. The summed E-state index contributed by atoms with van der Waals surface area (Å²) in [7, 11) is 1.47. The molecule has 0 spiro atoms. The third-order valence-electron chi connectivity index (χ3n) is 6.80. The number of hydrogen-bond acceptors (Lipinski definition) is 6. The number of carbonyl (C=O) groups is 1. The van der Waals surface area contributed by atoms with Crippen molar-refractivity contribution in [1.82, 2.24) is 15.0 Å². The van der Waals surface area contributed by atoms with Crippen LogP contribution in [0.15, 0.2) is 42.9 Å². The fourth-order valence-electron chi connectivity index (χ4n) is 4.75. The van der Waals surface area contributed by atoms with Crippen LogP contribution in [-0.4, -0.2) is 33.1 Å². The van der Waals surface area contributed by atoms with Gasteiger partial charge >= 0.3 is 5.97 Å². The molecule has 5 rings (SSSR count). The molecule has 0 saturated heterocycles. The van der Waals surface area contributed by atoms with Crippen molar-refractivity contribution in [2.75, 3.05) is 7.11 Å². The van der Waals surface area contributed by atoms with Crippen LogP contribution in [0.2, 0.25) is 0 Å². The Morgan fingerprint density at radius 1 is 1.15 bits per heavy atom. The Morgan fingerprint density at radius 3 is 2.65 bits per heavy atom. The number of carboxylic acids is 1. The second-order valence-electron chi connectivity index (χ2n) is 9.04. The van der Waals surface area contributed by atoms with Crippen molar-refractivity contribution < 1.29 is 23.8 Å². The summed E-state index contributed by atoms with van der Waals surface area (Å²) in [5, 5.41) is 9.59. The molecule has 1 aliphatic carbocycles. The molecule has 3 unspecified atom stereocenters. The average Bonchev–Trinajstić information content (AvgIpc) is 3.69. The van der Waals surface area contributed by atoms with Gasteiger partial charge in [0.1, 0.15) is 11.9 Å². The molecule has 0 bridgehead atoms. The number of rotatable bonds is 7. The van der Waals surface area contributed by atoms with Gasteiger partial charge in [0.15, 0.2) is 5.82 Å². The minimum absolute atomic E-state index is 0.0156. The molecule has 7 nitrogen and oxygen atoms in total. The lowest BCUT2D eigenvalue weighted by Crippen LogP contribution is -2.21. The number of methoxy groups -OCH3 is 1. The van der Waals surface area contributed by atoms with Gasteiger partial charge in [-0.15, -0.1) is 0 Å². The third-order valence-corrected chi connectivity index (χ3v) is 6.80. The van der Waals surface area contributed by atoms with E-state index in [1.54, 1.807) is 13.1 Å². The first-order valence-electron chi connectivity index (χ1n) is 11.5. The molecular formula is C26H26FN3O4. The molecule has 3 heterocycles. The molecule has 2 aromatic heterocycles. The van der Waals surface area contributed by atoms with Crippen LogP contribution in [0, 0.1) is 17.7 Å². The molecule has 8 heteroatoms. The SMILES string of the molecule is COc1cc(-c2cnc(C3CCc4ccc(C(C5CC5)C(C)C(=O)O)cc4O3)cn2)c(F)cn1. The summed E-state index contributed by atoms with van der Waals surface area (Å²) >= 11 is 0. The molecular weight excluding hydrogens is 437 g/mol. The Morgan fingerprint density at radius 2 is 1.97 bits per heavy atom. The number of benzene rings is 1. The van der Waals surface area contributed by atoms with Crippen LogP contribution < -0.4 is 9.47 Å². The van der Waals surface area contributed by atoms with E-state index in [1.807, 2.05) is 6.07 Å². The van der Waals surface area contributed by atoms with E-state index in [4.69, 9.17) is 9.47 Å². The number of ether oxygens (including phenoxy) is 2. The zero-order valence-corrected chi connectivity index (χ0v) is 19.1. The number of fused-ring (bicyclic) bond motifs is 1. The predicted octanol–water partition coefficient (Wildman–Crippen LogP) is 4.97. The number of aromatic nitrogens is 3. The molecule has 1 fully saturated rings. The van der Waals surface area contributed by atoms with Crippen LogP contribution in [0.5, 0.6) is 11.6 Å². The molecule has 1 aromatic carbocycles. The highest BCUT2D eigenvalue weighted by molar-refractivity contribution is 5.71. The zero-order chi connectivity index (χ0) is 23.8. The molecule has 34 heavy (non-hydrogen) atoms. The van der Waals surface area contributed by atoms with Crippen LogP contribution in [0.25, 0.3) is 11.3 Å². The summed E-state index contributed by atoms with van der Waals surface area (Å²) < 4.78 is 25.6. The topological polar surface area (TPSA) is 94.4 Å². The van der Waals surface area contributed by atoms with E-state index >= 15 is 0 Å². The third kappa shape index (κ3) is 4.32. The highest BCUT2D eigenvalue weighted by Crippen LogP contribution is 2.48. The smallest absolute Gasteiger partial charge is 0.306 e. The van der Waals surface area contributed by atoms with Crippen molar-refractivity contribution in [3.8, 4) is 22.9 Å². The van der Waals surface area contributed by atoms with Gasteiger partial charge in [-0.1, -0.05) is 19.1 Å². The van der Waals surface area contributed by atoms with Gasteiger partial charge in [-0.05, 0) is 54.7 Å². The molecule has 1 saturated carbocycles. The standard InChI is InChI=1S/C26H26FN3O4/c1-14(26(31)32)25(16-4-5-16)17-6-3-15-7-8-22(34-23(15)9-17)21-13-28-20(12-29-21)18-10-24(33-2)30-11-19(18)27/h3,6,9-14,16,22,25H,4-5,7-8H2,1-2H3,(H,31,32). The monoisotopic (exact) mass is 463 g/mol. The van der Waals surface area contributed by atoms with Crippen molar-refractivity contribution in [2.24, 2.45) is 11.8 Å². The van der Waals surface area contributed by atoms with Crippen LogP contribution in [0.4, 0.5) is 4.39 Å². The summed E-state index contributed by atoms with van der Waals surface area (Å²) in [4.78, 5) is 24.4. The van der Waals surface area contributed by atoms with E-state index in [1.165, 1.54) is 19.4 Å². The van der Waals surface area contributed by atoms with Gasteiger partial charge in [0.2, 0.25) is 5.88 Å². The summed E-state index contributed by atoms with van der Waals surface area (Å²) in [6.07, 6.45) is 7.66. The maximum absolute atomic E-state index is 14.2. The Bertz CT molecular complexity index is 1210. The molecule has 3 aromatic rings. The lowest BCUT2D eigenvalue weighted by molar-refractivity contribution is -0.142. The normalized spacial score (nSPS) is 19.0. The molecule has 2 aliphatic rings. The van der Waals surface area contributed by atoms with E-state index in [0.717, 1.165) is 48.8 Å². The maximum atomic E-state index is 14.2. The lowest BCUT2D eigenvalue weighted by Gasteiger charge is -2.28. The first-order chi connectivity index (χ1) is 16.4. The fraction of sp³-hybridized carbons (Fsp3) is 0.385. The number of aryl methyl sites for hydroxylation is 1. The summed E-state index contributed by atoms with van der Waals surface area (Å²) in [5.41, 5.74) is 3.44. The minimum Gasteiger partial charge on any atom is -0.484 e. The van der Waals surface area contributed by atoms with E-state index in [-0.39, 0.29) is 17.6 Å². The van der Waals surface area contributed by atoms with Gasteiger partial charge in [-0.25, -0.2) is 9.37 Å². The first kappa shape index (κ1) is 22.3. The predicted molar refractivity (Wildman–Crippen MR) is 122 cm³/mol. The minimum atomic E-state index is -0.771. The van der Waals surface area contributed by atoms with Crippen LogP contribution in [0.1, 0.15) is 55.0 Å². The first-order valence-corrected chi connectivity index (χ1v) is 11.5. The van der Waals surface area contributed by atoms with E-state index in [2.05, 4.69) is 27.1 Å². The van der Waals surface area contributed by atoms with Gasteiger partial charge in [0.05, 0.1) is 43.0 Å². The number of carboxylic acid groups (broad SMARTS) is 1. The highest BCUT2D eigenvalue weighted by Gasteiger charge is 2.39. The second kappa shape index (κ2) is 9.00. The van der Waals surface area contributed by atoms with Crippen molar-refractivity contribution in [2.45, 2.75) is 44.6 Å². The Hall–Kier alpha value is -3.55. The second-order valence-corrected chi connectivity index (χ2v) is 9.04. The number of halogens is 1. The molecule has 0 radical (unpaired) electrons. The van der Waals surface area contributed by atoms with E-state index in [9.17, 15) is 14.3 Å². The molecule has 0 amide bonds. The van der Waals surface area contributed by atoms with Crippen molar-refractivity contribution in [3.05, 3.63) is 65.5 Å². The summed E-state index contributed by atoms with van der Waals surface area (Å²) in [6, 6.07) is 7.60. The fourth-order valence-corrected chi connectivity index (χ4v) is 4.75. The van der Waals surface area contributed by atoms with Crippen molar-refractivity contribution in [3.63, 3.8) is 0 Å². The quantitative estimate of drug-likeness (QED) is 0.529.